The molecule has 3 aromatic heterocycles. The van der Waals surface area contributed by atoms with Crippen molar-refractivity contribution in [3.63, 3.8) is 0 Å². The van der Waals surface area contributed by atoms with Crippen LogP contribution in [0.3, 0.4) is 0 Å². The van der Waals surface area contributed by atoms with E-state index in [4.69, 9.17) is 14.4 Å². The summed E-state index contributed by atoms with van der Waals surface area (Å²) in [5.41, 5.74) is 10.9. The Balaban J connectivity index is 1.00. The molecular weight excluding hydrogens is 705 g/mol. The number of hydrogen-bond donors (Lipinski definition) is 1. The van der Waals surface area contributed by atoms with Crippen molar-refractivity contribution in [3.05, 3.63) is 197 Å². The summed E-state index contributed by atoms with van der Waals surface area (Å²) in [7, 11) is 0. The Morgan fingerprint density at radius 1 is 0.625 bits per heavy atom. The lowest BCUT2D eigenvalue weighted by atomic mass is 9.98. The van der Waals surface area contributed by atoms with Crippen LogP contribution < -0.4 is 16.0 Å². The molecule has 0 spiro atoms. The van der Waals surface area contributed by atoms with Gasteiger partial charge in [-0.1, -0.05) is 140 Å². The third kappa shape index (κ3) is 4.73. The molecule has 10 aromatic rings. The molecule has 1 N–H and O–H groups in total. The second-order valence-electron chi connectivity index (χ2n) is 14.5. The first-order valence-electron chi connectivity index (χ1n) is 19.0. The summed E-state index contributed by atoms with van der Waals surface area (Å²) >= 11 is 1.83. The lowest BCUT2D eigenvalue weighted by Gasteiger charge is -2.23. The highest BCUT2D eigenvalue weighted by atomic mass is 32.1. The molecular formula is C50H32N4OS. The number of thiophene rings is 1. The number of amidine groups is 2. The summed E-state index contributed by atoms with van der Waals surface area (Å²) in [6.07, 6.45) is 2.92. The van der Waals surface area contributed by atoms with Crippen molar-refractivity contribution < 1.29 is 4.42 Å². The van der Waals surface area contributed by atoms with Gasteiger partial charge >= 0.3 is 0 Å². The minimum atomic E-state index is -0.243. The molecule has 264 valence electrons. The molecule has 4 heterocycles. The van der Waals surface area contributed by atoms with E-state index in [1.54, 1.807) is 0 Å². The SMILES string of the molecule is C1=c2c(oc3c(-n4c5ccccc5c5ccccc54)cccc23)=C(c2cccc3sc4cc(C5=NC(c6ccccc6)=NC(c6ccccc6)N5)ccc4c23)C1. The van der Waals surface area contributed by atoms with Gasteiger partial charge in [0.15, 0.2) is 11.4 Å². The van der Waals surface area contributed by atoms with Crippen LogP contribution in [0.25, 0.3) is 70.3 Å². The molecule has 0 bridgehead atoms. The molecule has 7 aromatic carbocycles. The van der Waals surface area contributed by atoms with E-state index in [0.717, 1.165) is 56.9 Å². The molecule has 2 aliphatic rings. The van der Waals surface area contributed by atoms with Gasteiger partial charge in [0.2, 0.25) is 0 Å². The van der Waals surface area contributed by atoms with Crippen LogP contribution in [0, 0.1) is 0 Å². The maximum absolute atomic E-state index is 7.04. The molecule has 1 atom stereocenters. The molecule has 1 aliphatic heterocycles. The maximum Gasteiger partial charge on any atom is 0.159 e. The Bertz CT molecular complexity index is 3370. The van der Waals surface area contributed by atoms with Gasteiger partial charge in [-0.05, 0) is 47.9 Å². The minimum absolute atomic E-state index is 0.243. The fourth-order valence-corrected chi connectivity index (χ4v) is 9.95. The largest absolute Gasteiger partial charge is 0.454 e. The van der Waals surface area contributed by atoms with Gasteiger partial charge in [0.05, 0.1) is 16.7 Å². The van der Waals surface area contributed by atoms with Crippen LogP contribution in [0.1, 0.15) is 34.8 Å². The smallest absolute Gasteiger partial charge is 0.159 e. The number of rotatable bonds is 5. The van der Waals surface area contributed by atoms with E-state index >= 15 is 0 Å². The van der Waals surface area contributed by atoms with Crippen LogP contribution in [0.4, 0.5) is 0 Å². The Kier molecular flexibility index (Phi) is 6.86. The third-order valence-electron chi connectivity index (χ3n) is 11.3. The molecule has 0 saturated heterocycles. The fourth-order valence-electron chi connectivity index (χ4n) is 8.78. The van der Waals surface area contributed by atoms with Gasteiger partial charge in [-0.2, -0.15) is 0 Å². The predicted molar refractivity (Wildman–Crippen MR) is 233 cm³/mol. The quantitative estimate of drug-likeness (QED) is 0.191. The molecule has 1 unspecified atom stereocenters. The zero-order valence-corrected chi connectivity index (χ0v) is 30.9. The highest BCUT2D eigenvalue weighted by molar-refractivity contribution is 7.25. The maximum atomic E-state index is 7.04. The average Bonchev–Trinajstić information content (AvgIpc) is 4.03. The van der Waals surface area contributed by atoms with Gasteiger partial charge in [0.25, 0.3) is 0 Å². The number of nitrogens with zero attached hydrogens (tertiary/aromatic N) is 3. The summed E-state index contributed by atoms with van der Waals surface area (Å²) in [6.45, 7) is 0. The lowest BCUT2D eigenvalue weighted by Crippen LogP contribution is -2.33. The van der Waals surface area contributed by atoms with E-state index in [2.05, 4.69) is 155 Å². The van der Waals surface area contributed by atoms with E-state index in [-0.39, 0.29) is 6.17 Å². The Morgan fingerprint density at radius 2 is 1.34 bits per heavy atom. The van der Waals surface area contributed by atoms with Gasteiger partial charge in [-0.3, -0.25) is 0 Å². The molecule has 56 heavy (non-hydrogen) atoms. The first kappa shape index (κ1) is 31.3. The van der Waals surface area contributed by atoms with E-state index in [9.17, 15) is 0 Å². The number of para-hydroxylation sites is 3. The van der Waals surface area contributed by atoms with E-state index in [0.29, 0.717) is 0 Å². The fraction of sp³-hybridized carbons (Fsp3) is 0.0400. The number of aliphatic imine (C=N–C) groups is 2. The van der Waals surface area contributed by atoms with Crippen LogP contribution in [-0.4, -0.2) is 16.2 Å². The number of hydrogen-bond acceptors (Lipinski definition) is 5. The van der Waals surface area contributed by atoms with Crippen molar-refractivity contribution in [2.75, 3.05) is 0 Å². The van der Waals surface area contributed by atoms with Crippen molar-refractivity contribution >= 4 is 87.6 Å². The summed E-state index contributed by atoms with van der Waals surface area (Å²) in [6, 6.07) is 57.9. The third-order valence-corrected chi connectivity index (χ3v) is 12.4. The van der Waals surface area contributed by atoms with Crippen LogP contribution in [-0.2, 0) is 0 Å². The molecule has 12 rings (SSSR count). The van der Waals surface area contributed by atoms with Crippen LogP contribution >= 0.6 is 11.3 Å². The molecule has 6 heteroatoms. The monoisotopic (exact) mass is 736 g/mol. The first-order valence-corrected chi connectivity index (χ1v) is 19.8. The van der Waals surface area contributed by atoms with E-state index in [1.807, 2.05) is 35.6 Å². The van der Waals surface area contributed by atoms with Crippen LogP contribution in [0.5, 0.6) is 0 Å². The van der Waals surface area contributed by atoms with Crippen molar-refractivity contribution in [2.24, 2.45) is 9.98 Å². The van der Waals surface area contributed by atoms with Crippen molar-refractivity contribution in [3.8, 4) is 5.69 Å². The van der Waals surface area contributed by atoms with Gasteiger partial charge in [0, 0.05) is 58.2 Å². The molecule has 0 amide bonds. The zero-order chi connectivity index (χ0) is 36.7. The van der Waals surface area contributed by atoms with Crippen molar-refractivity contribution in [1.29, 1.82) is 0 Å². The zero-order valence-electron chi connectivity index (χ0n) is 30.1. The van der Waals surface area contributed by atoms with Gasteiger partial charge in [-0.25, -0.2) is 9.98 Å². The minimum Gasteiger partial charge on any atom is -0.454 e. The van der Waals surface area contributed by atoms with Crippen molar-refractivity contribution in [2.45, 2.75) is 12.6 Å². The van der Waals surface area contributed by atoms with E-state index in [1.165, 1.54) is 58.3 Å². The highest BCUT2D eigenvalue weighted by Gasteiger charge is 2.24. The normalized spacial score (nSPS) is 15.4. The second kappa shape index (κ2) is 12.2. The van der Waals surface area contributed by atoms with Crippen molar-refractivity contribution in [1.82, 2.24) is 9.88 Å². The van der Waals surface area contributed by atoms with Gasteiger partial charge in [-0.15, -0.1) is 11.3 Å². The number of benzene rings is 7. The summed E-state index contributed by atoms with van der Waals surface area (Å²) in [4.78, 5) is 10.1. The first-order chi connectivity index (χ1) is 27.8. The van der Waals surface area contributed by atoms with Gasteiger partial charge in [0.1, 0.15) is 17.4 Å². The molecule has 0 saturated carbocycles. The highest BCUT2D eigenvalue weighted by Crippen LogP contribution is 2.40. The Morgan fingerprint density at radius 3 is 2.14 bits per heavy atom. The Hall–Kier alpha value is -7.02. The Labute approximate surface area is 325 Å². The summed E-state index contributed by atoms with van der Waals surface area (Å²) < 4.78 is 11.9. The number of furan rings is 1. The van der Waals surface area contributed by atoms with Gasteiger partial charge < -0.3 is 14.3 Å². The average molecular weight is 737 g/mol. The summed E-state index contributed by atoms with van der Waals surface area (Å²) in [5.74, 6) is 1.54. The molecule has 5 nitrogen and oxygen atoms in total. The number of nitrogens with one attached hydrogen (secondary N) is 1. The number of fused-ring (bicyclic) bond motifs is 9. The number of aromatic nitrogens is 1. The lowest BCUT2D eigenvalue weighted by molar-refractivity contribution is 0.572. The predicted octanol–water partition coefficient (Wildman–Crippen LogP) is 10.8. The molecule has 1 aliphatic carbocycles. The van der Waals surface area contributed by atoms with E-state index < -0.39 is 0 Å². The summed E-state index contributed by atoms with van der Waals surface area (Å²) in [5, 5.41) is 11.0. The van der Waals surface area contributed by atoms with Crippen LogP contribution in [0.15, 0.2) is 178 Å². The molecule has 0 fully saturated rings. The second-order valence-corrected chi connectivity index (χ2v) is 15.6. The standard InChI is InChI=1S/C50H32N4OS/c1-3-13-30(14-4-1)48-51-49(31-15-5-2-6-16-31)53-50(52-48)32-25-26-39-44(29-32)56-43-24-12-19-35(45(39)43)37-27-28-38-36-20-11-23-42(47(36)55-46(37)38)54-40-21-9-7-17-33(40)34-18-8-10-22-41(34)54/h1-26,28-29,48H,27H2,(H,51,52,53). The topological polar surface area (TPSA) is 54.8 Å². The van der Waals surface area contributed by atoms with Crippen LogP contribution in [0.2, 0.25) is 0 Å². The molecule has 0 radical (unpaired) electrons.